The molecule has 0 aliphatic heterocycles. The maximum Gasteiger partial charge on any atom is 0.377 e. The van der Waals surface area contributed by atoms with E-state index >= 15 is 0 Å². The molecule has 0 spiro atoms. The minimum atomic E-state index is -1.52. The minimum absolute atomic E-state index is 0. The molecule has 0 saturated heterocycles. The highest BCUT2D eigenvalue weighted by atomic mass is 16.5. The lowest BCUT2D eigenvalue weighted by molar-refractivity contribution is -0.131. The molecule has 0 aromatic heterocycles. The van der Waals surface area contributed by atoms with Gasteiger partial charge in [0.2, 0.25) is 0 Å². The van der Waals surface area contributed by atoms with Gasteiger partial charge in [-0.05, 0) is 30.7 Å². The number of ketones is 1. The Morgan fingerprint density at radius 2 is 1.63 bits per heavy atom. The Bertz CT molecular complexity index is 447. The molecule has 5 nitrogen and oxygen atoms in total. The summed E-state index contributed by atoms with van der Waals surface area (Å²) < 4.78 is 4.98. The van der Waals surface area contributed by atoms with Crippen molar-refractivity contribution >= 4 is 17.7 Å². The van der Waals surface area contributed by atoms with Gasteiger partial charge in [0.15, 0.2) is 0 Å². The highest BCUT2D eigenvalue weighted by Crippen LogP contribution is 2.07. The molecule has 0 aliphatic rings. The molecule has 104 valence electrons. The highest BCUT2D eigenvalue weighted by Gasteiger charge is 2.15. The second kappa shape index (κ2) is 8.02. The van der Waals surface area contributed by atoms with Gasteiger partial charge in [-0.3, -0.25) is 4.79 Å². The number of carboxylic acid groups (broad SMARTS) is 1. The summed E-state index contributed by atoms with van der Waals surface area (Å²) in [5.74, 6) is -2.99. The van der Waals surface area contributed by atoms with Gasteiger partial charge in [-0.25, -0.2) is 9.59 Å². The maximum atomic E-state index is 11.5. The largest absolute Gasteiger partial charge is 0.475 e. The standard InChI is InChI=1S/C13H14O5.CH4/c1-2-3-8-18-13(17)10-6-4-9(5-7-10)11(14)12(15)16;/h4-7H,2-3,8H2,1H3,(H,15,16);1H4. The molecule has 0 bridgehead atoms. The van der Waals surface area contributed by atoms with E-state index < -0.39 is 17.7 Å². The lowest BCUT2D eigenvalue weighted by atomic mass is 10.1. The summed E-state index contributed by atoms with van der Waals surface area (Å²) in [6.07, 6.45) is 1.72. The van der Waals surface area contributed by atoms with E-state index in [0.29, 0.717) is 12.2 Å². The summed E-state index contributed by atoms with van der Waals surface area (Å²) in [5, 5.41) is 8.52. The van der Waals surface area contributed by atoms with Crippen molar-refractivity contribution in [2.75, 3.05) is 6.61 Å². The van der Waals surface area contributed by atoms with Crippen LogP contribution in [-0.2, 0) is 9.53 Å². The predicted octanol–water partition coefficient (Wildman–Crippen LogP) is 2.55. The lowest BCUT2D eigenvalue weighted by Gasteiger charge is -2.04. The van der Waals surface area contributed by atoms with E-state index in [0.717, 1.165) is 12.8 Å². The number of carboxylic acids is 1. The number of ether oxygens (including phenoxy) is 1. The van der Waals surface area contributed by atoms with Gasteiger partial charge >= 0.3 is 11.9 Å². The quantitative estimate of drug-likeness (QED) is 0.370. The Balaban J connectivity index is 0.00000324. The SMILES string of the molecule is C.CCCCOC(=O)c1ccc(C(=O)C(=O)O)cc1. The zero-order valence-electron chi connectivity index (χ0n) is 10.0. The summed E-state index contributed by atoms with van der Waals surface area (Å²) in [7, 11) is 0. The second-order valence-electron chi connectivity index (χ2n) is 3.70. The van der Waals surface area contributed by atoms with Crippen LogP contribution < -0.4 is 0 Å². The van der Waals surface area contributed by atoms with Crippen LogP contribution in [0.1, 0.15) is 47.9 Å². The van der Waals surface area contributed by atoms with Gasteiger partial charge in [0, 0.05) is 5.56 Å². The molecule has 1 aromatic rings. The average molecular weight is 266 g/mol. The summed E-state index contributed by atoms with van der Waals surface area (Å²) in [6, 6.07) is 5.36. The van der Waals surface area contributed by atoms with E-state index in [-0.39, 0.29) is 13.0 Å². The third-order valence-corrected chi connectivity index (χ3v) is 2.31. The number of unbranched alkanes of at least 4 members (excludes halogenated alkanes) is 1. The fourth-order valence-corrected chi connectivity index (χ4v) is 1.27. The molecule has 0 unspecified atom stereocenters. The van der Waals surface area contributed by atoms with Crippen molar-refractivity contribution in [1.29, 1.82) is 0 Å². The molecule has 0 heterocycles. The molecule has 0 aliphatic carbocycles. The van der Waals surface area contributed by atoms with Crippen molar-refractivity contribution < 1.29 is 24.2 Å². The molecule has 0 atom stereocenters. The highest BCUT2D eigenvalue weighted by molar-refractivity contribution is 6.39. The molecular weight excluding hydrogens is 248 g/mol. The molecule has 0 radical (unpaired) electrons. The number of hydrogen-bond acceptors (Lipinski definition) is 4. The van der Waals surface area contributed by atoms with Crippen LogP contribution in [0.5, 0.6) is 0 Å². The Morgan fingerprint density at radius 1 is 1.11 bits per heavy atom. The summed E-state index contributed by atoms with van der Waals surface area (Å²) >= 11 is 0. The van der Waals surface area contributed by atoms with Gasteiger partial charge in [0.05, 0.1) is 12.2 Å². The topological polar surface area (TPSA) is 80.7 Å². The smallest absolute Gasteiger partial charge is 0.377 e. The Morgan fingerprint density at radius 3 is 2.11 bits per heavy atom. The molecule has 0 amide bonds. The van der Waals surface area contributed by atoms with Gasteiger partial charge in [-0.15, -0.1) is 0 Å². The fraction of sp³-hybridized carbons (Fsp3) is 0.357. The van der Waals surface area contributed by atoms with Crippen LogP contribution in [0.25, 0.3) is 0 Å². The van der Waals surface area contributed by atoms with Gasteiger partial charge in [-0.2, -0.15) is 0 Å². The molecular formula is C14H18O5. The molecule has 5 heteroatoms. The fourth-order valence-electron chi connectivity index (χ4n) is 1.27. The average Bonchev–Trinajstić information content (AvgIpc) is 2.38. The number of benzene rings is 1. The monoisotopic (exact) mass is 266 g/mol. The van der Waals surface area contributed by atoms with Crippen molar-refractivity contribution in [1.82, 2.24) is 0 Å². The van der Waals surface area contributed by atoms with Crippen LogP contribution in [0.15, 0.2) is 24.3 Å². The Kier molecular flexibility index (Phi) is 7.11. The van der Waals surface area contributed by atoms with Gasteiger partial charge in [0.25, 0.3) is 5.78 Å². The van der Waals surface area contributed by atoms with Crippen LogP contribution in [0.4, 0.5) is 0 Å². The van der Waals surface area contributed by atoms with E-state index in [9.17, 15) is 14.4 Å². The van der Waals surface area contributed by atoms with Crippen molar-refractivity contribution in [3.63, 3.8) is 0 Å². The van der Waals surface area contributed by atoms with Crippen molar-refractivity contribution in [3.05, 3.63) is 35.4 Å². The second-order valence-corrected chi connectivity index (χ2v) is 3.70. The zero-order valence-corrected chi connectivity index (χ0v) is 10.0. The van der Waals surface area contributed by atoms with E-state index in [1.54, 1.807) is 0 Å². The van der Waals surface area contributed by atoms with Crippen molar-refractivity contribution in [3.8, 4) is 0 Å². The summed E-state index contributed by atoms with van der Waals surface area (Å²) in [5.41, 5.74) is 0.334. The lowest BCUT2D eigenvalue weighted by Crippen LogP contribution is -2.13. The molecule has 1 rings (SSSR count). The number of aliphatic carboxylic acids is 1. The number of hydrogen-bond donors (Lipinski definition) is 1. The van der Waals surface area contributed by atoms with Crippen LogP contribution in [0, 0.1) is 0 Å². The number of esters is 1. The van der Waals surface area contributed by atoms with E-state index in [2.05, 4.69) is 0 Å². The van der Waals surface area contributed by atoms with E-state index in [1.165, 1.54) is 24.3 Å². The number of Topliss-reactive ketones (excluding diaryl/α,β-unsaturated/α-hetero) is 1. The molecule has 1 N–H and O–H groups in total. The maximum absolute atomic E-state index is 11.5. The first-order valence-electron chi connectivity index (χ1n) is 5.61. The Hall–Kier alpha value is -2.17. The number of carbonyl (C=O) groups is 3. The molecule has 0 saturated carbocycles. The number of rotatable bonds is 6. The van der Waals surface area contributed by atoms with Crippen molar-refractivity contribution in [2.24, 2.45) is 0 Å². The summed E-state index contributed by atoms with van der Waals surface area (Å²) in [6.45, 7) is 2.34. The molecule has 0 fully saturated rings. The number of carbonyl (C=O) groups excluding carboxylic acids is 2. The normalized spacial score (nSPS) is 9.32. The first-order chi connectivity index (χ1) is 8.56. The summed E-state index contributed by atoms with van der Waals surface area (Å²) in [4.78, 5) is 33.1. The molecule has 1 aromatic carbocycles. The van der Waals surface area contributed by atoms with Crippen LogP contribution >= 0.6 is 0 Å². The molecule has 19 heavy (non-hydrogen) atoms. The van der Waals surface area contributed by atoms with Crippen LogP contribution in [0.3, 0.4) is 0 Å². The third kappa shape index (κ3) is 4.91. The van der Waals surface area contributed by atoms with E-state index in [1.807, 2.05) is 6.92 Å². The van der Waals surface area contributed by atoms with Gasteiger partial charge < -0.3 is 9.84 Å². The zero-order chi connectivity index (χ0) is 13.5. The third-order valence-electron chi connectivity index (χ3n) is 2.31. The Labute approximate surface area is 112 Å². The first kappa shape index (κ1) is 16.8. The van der Waals surface area contributed by atoms with E-state index in [4.69, 9.17) is 9.84 Å². The van der Waals surface area contributed by atoms with Gasteiger partial charge in [-0.1, -0.05) is 20.8 Å². The van der Waals surface area contributed by atoms with Crippen LogP contribution in [-0.4, -0.2) is 29.4 Å². The first-order valence-corrected chi connectivity index (χ1v) is 5.61. The van der Waals surface area contributed by atoms with Crippen molar-refractivity contribution in [2.45, 2.75) is 27.2 Å². The van der Waals surface area contributed by atoms with Gasteiger partial charge in [0.1, 0.15) is 0 Å². The van der Waals surface area contributed by atoms with Crippen LogP contribution in [0.2, 0.25) is 0 Å². The minimum Gasteiger partial charge on any atom is -0.475 e. The predicted molar refractivity (Wildman–Crippen MR) is 70.3 cm³/mol.